The Labute approximate surface area is 81.4 Å². The molecule has 0 bridgehead atoms. The van der Waals surface area contributed by atoms with Crippen molar-refractivity contribution in [2.45, 2.75) is 25.3 Å². The Bertz CT molecular complexity index is 142. The second-order valence-corrected chi connectivity index (χ2v) is 4.19. The summed E-state index contributed by atoms with van der Waals surface area (Å²) < 4.78 is 5.53. The molecule has 3 heteroatoms. The summed E-state index contributed by atoms with van der Waals surface area (Å²) in [5, 5.41) is 3.57. The highest BCUT2D eigenvalue weighted by molar-refractivity contribution is 4.94. The quantitative estimate of drug-likeness (QED) is 0.684. The van der Waals surface area contributed by atoms with E-state index in [0.29, 0.717) is 0 Å². The topological polar surface area (TPSA) is 24.5 Å². The molecule has 0 spiro atoms. The van der Waals surface area contributed by atoms with Crippen LogP contribution in [0.2, 0.25) is 0 Å². The van der Waals surface area contributed by atoms with Crippen molar-refractivity contribution < 1.29 is 4.74 Å². The maximum Gasteiger partial charge on any atom is 0.0660 e. The zero-order valence-corrected chi connectivity index (χ0v) is 9.10. The Hall–Kier alpha value is -0.120. The third-order valence-electron chi connectivity index (χ3n) is 2.53. The first-order valence-electron chi connectivity index (χ1n) is 5.16. The number of nitrogens with zero attached hydrogens (tertiary/aromatic N) is 1. The first kappa shape index (κ1) is 11.0. The summed E-state index contributed by atoms with van der Waals surface area (Å²) in [4.78, 5) is 2.23. The molecular weight excluding hydrogens is 164 g/mol. The molecule has 1 saturated heterocycles. The maximum atomic E-state index is 5.53. The number of likely N-dealkylation sites (N-methyl/N-ethyl adjacent to an activating group) is 1. The van der Waals surface area contributed by atoms with E-state index in [1.807, 2.05) is 0 Å². The second-order valence-electron chi connectivity index (χ2n) is 4.19. The molecule has 0 aromatic carbocycles. The van der Waals surface area contributed by atoms with E-state index < -0.39 is 0 Å². The summed E-state index contributed by atoms with van der Waals surface area (Å²) in [5.41, 5.74) is 0.222. The minimum atomic E-state index is 0.222. The van der Waals surface area contributed by atoms with Crippen LogP contribution in [0.25, 0.3) is 0 Å². The van der Waals surface area contributed by atoms with Gasteiger partial charge in [0.2, 0.25) is 0 Å². The van der Waals surface area contributed by atoms with E-state index >= 15 is 0 Å². The van der Waals surface area contributed by atoms with Crippen LogP contribution in [0.15, 0.2) is 0 Å². The fraction of sp³-hybridized carbons (Fsp3) is 1.00. The van der Waals surface area contributed by atoms with E-state index in [1.54, 1.807) is 0 Å². The fourth-order valence-electron chi connectivity index (χ4n) is 2.08. The van der Waals surface area contributed by atoms with Crippen LogP contribution in [-0.4, -0.2) is 50.8 Å². The smallest absolute Gasteiger partial charge is 0.0660 e. The molecule has 0 aromatic rings. The van der Waals surface area contributed by atoms with Crippen molar-refractivity contribution in [3.8, 4) is 0 Å². The Morgan fingerprint density at radius 1 is 1.46 bits per heavy atom. The van der Waals surface area contributed by atoms with Gasteiger partial charge in [-0.3, -0.25) is 0 Å². The van der Waals surface area contributed by atoms with E-state index in [2.05, 4.69) is 31.2 Å². The van der Waals surface area contributed by atoms with Gasteiger partial charge >= 0.3 is 0 Å². The van der Waals surface area contributed by atoms with Crippen LogP contribution in [0.4, 0.5) is 0 Å². The lowest BCUT2D eigenvalue weighted by molar-refractivity contribution is 0.0711. The summed E-state index contributed by atoms with van der Waals surface area (Å²) >= 11 is 0. The van der Waals surface area contributed by atoms with E-state index in [-0.39, 0.29) is 5.54 Å². The van der Waals surface area contributed by atoms with Crippen LogP contribution >= 0.6 is 0 Å². The summed E-state index contributed by atoms with van der Waals surface area (Å²) in [6, 6.07) is 0. The summed E-state index contributed by atoms with van der Waals surface area (Å²) in [7, 11) is 4.24. The first-order chi connectivity index (χ1) is 6.18. The highest BCUT2D eigenvalue weighted by Gasteiger charge is 2.33. The zero-order chi connectivity index (χ0) is 9.73. The monoisotopic (exact) mass is 186 g/mol. The molecule has 0 saturated carbocycles. The molecule has 1 N–H and O–H groups in total. The lowest BCUT2D eigenvalue weighted by Crippen LogP contribution is -2.51. The van der Waals surface area contributed by atoms with E-state index in [9.17, 15) is 0 Å². The van der Waals surface area contributed by atoms with Crippen molar-refractivity contribution in [2.75, 3.05) is 40.4 Å². The Morgan fingerprint density at radius 3 is 2.69 bits per heavy atom. The summed E-state index contributed by atoms with van der Waals surface area (Å²) in [6.45, 7) is 5.94. The third kappa shape index (κ3) is 3.25. The number of rotatable bonds is 5. The zero-order valence-electron chi connectivity index (χ0n) is 9.10. The first-order valence-corrected chi connectivity index (χ1v) is 5.16. The van der Waals surface area contributed by atoms with Gasteiger partial charge in [-0.05, 0) is 40.4 Å². The number of ether oxygens (including phenoxy) is 1. The van der Waals surface area contributed by atoms with Gasteiger partial charge in [0, 0.05) is 13.2 Å². The normalized spacial score (nSPS) is 28.6. The molecule has 1 heterocycles. The second kappa shape index (κ2) is 4.94. The molecule has 3 nitrogen and oxygen atoms in total. The van der Waals surface area contributed by atoms with Crippen molar-refractivity contribution in [1.29, 1.82) is 0 Å². The van der Waals surface area contributed by atoms with E-state index in [0.717, 1.165) is 26.3 Å². The standard InChI is InChI=1S/C10H22N2O/c1-4-13-9-10(8-12(2)3)6-5-7-11-10/h11H,4-9H2,1-3H3. The predicted octanol–water partition coefficient (Wildman–Crippen LogP) is 0.707. The van der Waals surface area contributed by atoms with E-state index in [1.165, 1.54) is 12.8 Å². The molecule has 13 heavy (non-hydrogen) atoms. The average molecular weight is 186 g/mol. The number of nitrogens with one attached hydrogen (secondary N) is 1. The van der Waals surface area contributed by atoms with Gasteiger partial charge in [-0.2, -0.15) is 0 Å². The lowest BCUT2D eigenvalue weighted by Gasteiger charge is -2.32. The number of hydrogen-bond donors (Lipinski definition) is 1. The van der Waals surface area contributed by atoms with Crippen molar-refractivity contribution in [2.24, 2.45) is 0 Å². The molecule has 1 rings (SSSR count). The van der Waals surface area contributed by atoms with Crippen LogP contribution in [0.5, 0.6) is 0 Å². The van der Waals surface area contributed by atoms with Crippen LogP contribution in [0, 0.1) is 0 Å². The molecule has 1 fully saturated rings. The molecule has 0 aromatic heterocycles. The van der Waals surface area contributed by atoms with Crippen LogP contribution < -0.4 is 5.32 Å². The average Bonchev–Trinajstić information content (AvgIpc) is 2.49. The molecule has 78 valence electrons. The number of hydrogen-bond acceptors (Lipinski definition) is 3. The Balaban J connectivity index is 2.42. The van der Waals surface area contributed by atoms with Gasteiger partial charge < -0.3 is 15.0 Å². The van der Waals surface area contributed by atoms with Gasteiger partial charge in [0.1, 0.15) is 0 Å². The van der Waals surface area contributed by atoms with Gasteiger partial charge in [0.15, 0.2) is 0 Å². The van der Waals surface area contributed by atoms with E-state index in [4.69, 9.17) is 4.74 Å². The van der Waals surface area contributed by atoms with Gasteiger partial charge in [0.25, 0.3) is 0 Å². The molecule has 0 amide bonds. The molecule has 1 atom stereocenters. The largest absolute Gasteiger partial charge is 0.380 e. The van der Waals surface area contributed by atoms with Crippen molar-refractivity contribution in [3.05, 3.63) is 0 Å². The molecule has 0 radical (unpaired) electrons. The van der Waals surface area contributed by atoms with Gasteiger partial charge in [0.05, 0.1) is 12.1 Å². The molecule has 1 aliphatic heterocycles. The third-order valence-corrected chi connectivity index (χ3v) is 2.53. The highest BCUT2D eigenvalue weighted by atomic mass is 16.5. The van der Waals surface area contributed by atoms with Crippen LogP contribution in [-0.2, 0) is 4.74 Å². The van der Waals surface area contributed by atoms with Crippen molar-refractivity contribution in [3.63, 3.8) is 0 Å². The Kier molecular flexibility index (Phi) is 4.16. The summed E-state index contributed by atoms with van der Waals surface area (Å²) in [5.74, 6) is 0. The SMILES string of the molecule is CCOCC1(CN(C)C)CCCN1. The summed E-state index contributed by atoms with van der Waals surface area (Å²) in [6.07, 6.45) is 2.52. The van der Waals surface area contributed by atoms with Gasteiger partial charge in [-0.15, -0.1) is 0 Å². The lowest BCUT2D eigenvalue weighted by atomic mass is 9.98. The van der Waals surface area contributed by atoms with Crippen molar-refractivity contribution in [1.82, 2.24) is 10.2 Å². The Morgan fingerprint density at radius 2 is 2.23 bits per heavy atom. The fourth-order valence-corrected chi connectivity index (χ4v) is 2.08. The van der Waals surface area contributed by atoms with Crippen molar-refractivity contribution >= 4 is 0 Å². The van der Waals surface area contributed by atoms with Gasteiger partial charge in [-0.1, -0.05) is 0 Å². The van der Waals surface area contributed by atoms with Crippen LogP contribution in [0.3, 0.4) is 0 Å². The molecule has 1 unspecified atom stereocenters. The molecule has 1 aliphatic rings. The highest BCUT2D eigenvalue weighted by Crippen LogP contribution is 2.20. The van der Waals surface area contributed by atoms with Crippen LogP contribution in [0.1, 0.15) is 19.8 Å². The molecular formula is C10H22N2O. The molecule has 0 aliphatic carbocycles. The van der Waals surface area contributed by atoms with Gasteiger partial charge in [-0.25, -0.2) is 0 Å². The minimum absolute atomic E-state index is 0.222. The predicted molar refractivity (Wildman–Crippen MR) is 55.0 cm³/mol. The maximum absolute atomic E-state index is 5.53. The minimum Gasteiger partial charge on any atom is -0.380 e.